The van der Waals surface area contributed by atoms with Gasteiger partial charge in [0.2, 0.25) is 0 Å². The van der Waals surface area contributed by atoms with Crippen LogP contribution in [0.15, 0.2) is 12.1 Å². The molecule has 1 aliphatic heterocycles. The Labute approximate surface area is 178 Å². The van der Waals surface area contributed by atoms with Crippen molar-refractivity contribution in [2.24, 2.45) is 0 Å². The maximum Gasteiger partial charge on any atom is 0.317 e. The molecule has 158 valence electrons. The van der Waals surface area contributed by atoms with Crippen molar-refractivity contribution in [2.75, 3.05) is 26.2 Å². The summed E-state index contributed by atoms with van der Waals surface area (Å²) in [6, 6.07) is 4.89. The Morgan fingerprint density at radius 3 is 2.76 bits per heavy atom. The number of aromatic amines is 1. The van der Waals surface area contributed by atoms with Gasteiger partial charge in [0, 0.05) is 59.3 Å². The van der Waals surface area contributed by atoms with Crippen LogP contribution in [0.4, 0.5) is 4.79 Å². The molecule has 0 saturated carbocycles. The quantitative estimate of drug-likeness (QED) is 0.743. The summed E-state index contributed by atoms with van der Waals surface area (Å²) < 4.78 is 0. The molecular formula is C23H33ClN4O. The highest BCUT2D eigenvalue weighted by Gasteiger charge is 2.41. The second-order valence-electron chi connectivity index (χ2n) is 8.57. The first kappa shape index (κ1) is 20.5. The van der Waals surface area contributed by atoms with Crippen molar-refractivity contribution in [3.63, 3.8) is 0 Å². The van der Waals surface area contributed by atoms with E-state index in [1.54, 1.807) is 0 Å². The first-order valence-electron chi connectivity index (χ1n) is 11.1. The normalized spacial score (nSPS) is 23.8. The maximum absolute atomic E-state index is 12.7. The number of carbonyl (C=O) groups is 1. The molecule has 2 N–H and O–H groups in total. The highest BCUT2D eigenvalue weighted by atomic mass is 35.5. The molecule has 1 aliphatic carbocycles. The summed E-state index contributed by atoms with van der Waals surface area (Å²) in [6.45, 7) is 11.9. The number of benzene rings is 1. The first-order chi connectivity index (χ1) is 14.0. The molecule has 2 amide bonds. The highest BCUT2D eigenvalue weighted by Crippen LogP contribution is 2.45. The van der Waals surface area contributed by atoms with Gasteiger partial charge in [-0.1, -0.05) is 18.5 Å². The lowest BCUT2D eigenvalue weighted by atomic mass is 9.73. The standard InChI is InChI=1S/C23H33ClN4O/c1-5-8-28-13-16(26-23(29)27(6-2)7-3)11-18-19-9-15(24)10-20-22(19)17(12-21(18)28)14(4)25-20/h9-10,16,18,21,25H,5-8,11-13H2,1-4H3,(H,26,29)/t16-,18+,21+/m0/s1. The molecule has 2 aliphatic rings. The van der Waals surface area contributed by atoms with E-state index in [0.717, 1.165) is 56.0 Å². The van der Waals surface area contributed by atoms with Gasteiger partial charge in [0.25, 0.3) is 0 Å². The molecule has 2 heterocycles. The number of halogens is 1. The molecule has 0 spiro atoms. The van der Waals surface area contributed by atoms with Crippen molar-refractivity contribution in [3.8, 4) is 0 Å². The van der Waals surface area contributed by atoms with Crippen molar-refractivity contribution in [3.05, 3.63) is 34.0 Å². The van der Waals surface area contributed by atoms with Crippen molar-refractivity contribution in [1.29, 1.82) is 0 Å². The smallest absolute Gasteiger partial charge is 0.317 e. The van der Waals surface area contributed by atoms with Gasteiger partial charge in [0.15, 0.2) is 0 Å². The molecule has 5 nitrogen and oxygen atoms in total. The van der Waals surface area contributed by atoms with E-state index in [4.69, 9.17) is 11.6 Å². The third-order valence-electron chi connectivity index (χ3n) is 6.84. The van der Waals surface area contributed by atoms with Crippen molar-refractivity contribution in [1.82, 2.24) is 20.1 Å². The topological polar surface area (TPSA) is 51.4 Å². The van der Waals surface area contributed by atoms with Gasteiger partial charge in [-0.15, -0.1) is 0 Å². The summed E-state index contributed by atoms with van der Waals surface area (Å²) in [5, 5.41) is 5.47. The van der Waals surface area contributed by atoms with Crippen LogP contribution in [0.3, 0.4) is 0 Å². The number of piperidine rings is 1. The molecule has 0 radical (unpaired) electrons. The minimum atomic E-state index is 0.0557. The number of hydrogen-bond donors (Lipinski definition) is 2. The first-order valence-corrected chi connectivity index (χ1v) is 11.4. The van der Waals surface area contributed by atoms with Gasteiger partial charge < -0.3 is 15.2 Å². The highest BCUT2D eigenvalue weighted by molar-refractivity contribution is 6.31. The Bertz CT molecular complexity index is 904. The van der Waals surface area contributed by atoms with E-state index in [1.807, 2.05) is 24.8 Å². The van der Waals surface area contributed by atoms with Crippen LogP contribution in [-0.2, 0) is 6.42 Å². The fraction of sp³-hybridized carbons (Fsp3) is 0.609. The van der Waals surface area contributed by atoms with E-state index in [-0.39, 0.29) is 12.1 Å². The summed E-state index contributed by atoms with van der Waals surface area (Å²) in [5.74, 6) is 0.390. The van der Waals surface area contributed by atoms with Crippen molar-refractivity contribution >= 4 is 28.5 Å². The van der Waals surface area contributed by atoms with Crippen LogP contribution in [-0.4, -0.2) is 59.1 Å². The zero-order chi connectivity index (χ0) is 20.7. The lowest BCUT2D eigenvalue weighted by Gasteiger charge is -2.47. The minimum Gasteiger partial charge on any atom is -0.358 e. The Morgan fingerprint density at radius 1 is 1.31 bits per heavy atom. The van der Waals surface area contributed by atoms with E-state index < -0.39 is 0 Å². The average molecular weight is 417 g/mol. The molecule has 1 aromatic carbocycles. The molecule has 1 aromatic heterocycles. The number of aryl methyl sites for hydroxylation is 1. The third-order valence-corrected chi connectivity index (χ3v) is 7.06. The number of urea groups is 1. The monoisotopic (exact) mass is 416 g/mol. The summed E-state index contributed by atoms with van der Waals surface area (Å²) in [5.41, 5.74) is 5.20. The Kier molecular flexibility index (Phi) is 5.80. The Morgan fingerprint density at radius 2 is 2.07 bits per heavy atom. The van der Waals surface area contributed by atoms with E-state index >= 15 is 0 Å². The van der Waals surface area contributed by atoms with E-state index in [2.05, 4.69) is 35.1 Å². The van der Waals surface area contributed by atoms with Gasteiger partial charge in [0.1, 0.15) is 0 Å². The maximum atomic E-state index is 12.7. The summed E-state index contributed by atoms with van der Waals surface area (Å²) in [4.78, 5) is 20.7. The molecule has 6 heteroatoms. The molecule has 0 bridgehead atoms. The number of nitrogens with one attached hydrogen (secondary N) is 2. The van der Waals surface area contributed by atoms with Gasteiger partial charge >= 0.3 is 6.03 Å². The van der Waals surface area contributed by atoms with Gasteiger partial charge in [-0.05, 0) is 69.8 Å². The number of likely N-dealkylation sites (tertiary alicyclic amines) is 1. The number of nitrogens with zero attached hydrogens (tertiary/aromatic N) is 2. The number of carbonyl (C=O) groups excluding carboxylic acids is 1. The van der Waals surface area contributed by atoms with E-state index in [0.29, 0.717) is 12.0 Å². The van der Waals surface area contributed by atoms with Gasteiger partial charge in [-0.2, -0.15) is 0 Å². The third kappa shape index (κ3) is 3.64. The zero-order valence-corrected chi connectivity index (χ0v) is 18.8. The molecule has 29 heavy (non-hydrogen) atoms. The van der Waals surface area contributed by atoms with Gasteiger partial charge in [0.05, 0.1) is 0 Å². The number of H-pyrrole nitrogens is 1. The van der Waals surface area contributed by atoms with Crippen molar-refractivity contribution in [2.45, 2.75) is 65.0 Å². The molecular weight excluding hydrogens is 384 g/mol. The number of hydrogen-bond acceptors (Lipinski definition) is 2. The molecule has 1 saturated heterocycles. The van der Waals surface area contributed by atoms with Crippen LogP contribution in [0.25, 0.3) is 10.9 Å². The molecule has 4 rings (SSSR count). The molecule has 1 fully saturated rings. The van der Waals surface area contributed by atoms with E-state index in [9.17, 15) is 4.79 Å². The average Bonchev–Trinajstić information content (AvgIpc) is 2.99. The van der Waals surface area contributed by atoms with Gasteiger partial charge in [-0.3, -0.25) is 4.90 Å². The summed E-state index contributed by atoms with van der Waals surface area (Å²) in [7, 11) is 0. The lowest BCUT2D eigenvalue weighted by Crippen LogP contribution is -2.57. The molecule has 0 unspecified atom stereocenters. The lowest BCUT2D eigenvalue weighted by molar-refractivity contribution is 0.0979. The Hall–Kier alpha value is -1.72. The van der Waals surface area contributed by atoms with E-state index in [1.165, 1.54) is 22.2 Å². The number of amides is 2. The zero-order valence-electron chi connectivity index (χ0n) is 18.0. The SMILES string of the molecule is CCCN1C[C@@H](NC(=O)N(CC)CC)C[C@@H]2c3cc(Cl)cc4[nH]c(C)c(c34)C[C@H]21. The largest absolute Gasteiger partial charge is 0.358 e. The number of fused-ring (bicyclic) bond motifs is 2. The Balaban J connectivity index is 1.69. The van der Waals surface area contributed by atoms with Crippen LogP contribution in [0.5, 0.6) is 0 Å². The molecule has 2 aromatic rings. The molecule has 3 atom stereocenters. The van der Waals surface area contributed by atoms with Crippen LogP contribution >= 0.6 is 11.6 Å². The van der Waals surface area contributed by atoms with Gasteiger partial charge in [-0.25, -0.2) is 4.79 Å². The van der Waals surface area contributed by atoms with Crippen LogP contribution in [0.2, 0.25) is 5.02 Å². The van der Waals surface area contributed by atoms with Crippen molar-refractivity contribution < 1.29 is 4.79 Å². The minimum absolute atomic E-state index is 0.0557. The predicted molar refractivity (Wildman–Crippen MR) is 120 cm³/mol. The fourth-order valence-corrected chi connectivity index (χ4v) is 5.75. The number of rotatable bonds is 5. The summed E-state index contributed by atoms with van der Waals surface area (Å²) >= 11 is 6.51. The second-order valence-corrected chi connectivity index (χ2v) is 9.01. The summed E-state index contributed by atoms with van der Waals surface area (Å²) in [6.07, 6.45) is 3.16. The fourth-order valence-electron chi connectivity index (χ4n) is 5.53. The van der Waals surface area contributed by atoms with Crippen LogP contribution in [0, 0.1) is 6.92 Å². The predicted octanol–water partition coefficient (Wildman–Crippen LogP) is 4.67. The second kappa shape index (κ2) is 8.19. The van der Waals surface area contributed by atoms with Crippen LogP contribution < -0.4 is 5.32 Å². The number of aromatic nitrogens is 1. The van der Waals surface area contributed by atoms with Crippen LogP contribution in [0.1, 0.15) is 56.4 Å².